The Kier molecular flexibility index (Phi) is 7.44. The van der Waals surface area contributed by atoms with Gasteiger partial charge in [-0.3, -0.25) is 9.69 Å². The molecule has 0 aliphatic carbocycles. The molecule has 1 atom stereocenters. The van der Waals surface area contributed by atoms with E-state index in [-0.39, 0.29) is 17.3 Å². The average molecular weight is 528 g/mol. The van der Waals surface area contributed by atoms with E-state index in [2.05, 4.69) is 44.7 Å². The molecule has 0 bridgehead atoms. The number of benzene rings is 3. The van der Waals surface area contributed by atoms with Crippen LogP contribution < -0.4 is 4.90 Å². The summed E-state index contributed by atoms with van der Waals surface area (Å²) >= 11 is 1.31. The number of halogens is 1. The van der Waals surface area contributed by atoms with Crippen LogP contribution in [0.5, 0.6) is 0 Å². The van der Waals surface area contributed by atoms with Gasteiger partial charge < -0.3 is 4.90 Å². The van der Waals surface area contributed by atoms with Crippen molar-refractivity contribution < 1.29 is 9.18 Å². The zero-order valence-corrected chi connectivity index (χ0v) is 23.3. The van der Waals surface area contributed by atoms with Gasteiger partial charge in [0, 0.05) is 29.9 Å². The Hall–Kier alpha value is -3.38. The summed E-state index contributed by atoms with van der Waals surface area (Å²) in [5.74, 6) is -0.149. The van der Waals surface area contributed by atoms with E-state index in [1.807, 2.05) is 54.6 Å². The highest BCUT2D eigenvalue weighted by molar-refractivity contribution is 8.18. The molecule has 196 valence electrons. The zero-order chi connectivity index (χ0) is 26.9. The fraction of sp³-hybridized carbons (Fsp3) is 0.312. The predicted molar refractivity (Wildman–Crippen MR) is 157 cm³/mol. The fourth-order valence-corrected chi connectivity index (χ4v) is 6.67. The molecule has 0 aromatic heterocycles. The Bertz CT molecular complexity index is 1380. The third kappa shape index (κ3) is 5.28. The third-order valence-electron chi connectivity index (χ3n) is 7.44. The summed E-state index contributed by atoms with van der Waals surface area (Å²) < 4.78 is 15.5. The highest BCUT2D eigenvalue weighted by Gasteiger charge is 2.37. The number of amidine groups is 1. The minimum absolute atomic E-state index is 0.0348. The van der Waals surface area contributed by atoms with Gasteiger partial charge in [-0.1, -0.05) is 55.5 Å². The van der Waals surface area contributed by atoms with Crippen molar-refractivity contribution in [3.63, 3.8) is 0 Å². The van der Waals surface area contributed by atoms with Gasteiger partial charge in [0.15, 0.2) is 5.17 Å². The van der Waals surface area contributed by atoms with Crippen LogP contribution in [0.2, 0.25) is 0 Å². The van der Waals surface area contributed by atoms with Gasteiger partial charge in [-0.15, -0.1) is 0 Å². The number of thioether (sulfide) groups is 1. The fourth-order valence-electron chi connectivity index (χ4n) is 5.66. The standard InChI is InChI=1S/C32H34FN3OS/c1-5-36-28-20-27(33)24(18-26(28)22(2)21-32(36,3)4)19-29-30(37)35(17-16-23-12-8-6-9-13-23)31(38-29)34-25-14-10-7-11-15-25/h6-15,18-20,22H,5,16-17,21H2,1-4H3/b29-19+,34-31?. The second-order valence-electron chi connectivity index (χ2n) is 10.6. The predicted octanol–water partition coefficient (Wildman–Crippen LogP) is 7.78. The van der Waals surface area contributed by atoms with Gasteiger partial charge in [0.2, 0.25) is 0 Å². The second-order valence-corrected chi connectivity index (χ2v) is 11.6. The Labute approximate surface area is 229 Å². The maximum Gasteiger partial charge on any atom is 0.266 e. The molecular formula is C32H34FN3OS. The van der Waals surface area contributed by atoms with E-state index >= 15 is 4.39 Å². The third-order valence-corrected chi connectivity index (χ3v) is 8.45. The van der Waals surface area contributed by atoms with E-state index in [1.54, 1.807) is 17.0 Å². The van der Waals surface area contributed by atoms with Crippen LogP contribution in [0.1, 0.15) is 56.7 Å². The quantitative estimate of drug-likeness (QED) is 0.307. The smallest absolute Gasteiger partial charge is 0.266 e. The number of hydrogen-bond donors (Lipinski definition) is 0. The van der Waals surface area contributed by atoms with Crippen LogP contribution >= 0.6 is 11.8 Å². The number of anilines is 1. The second kappa shape index (κ2) is 10.8. The number of aliphatic imine (C=N–C) groups is 1. The molecule has 0 N–H and O–H groups in total. The monoisotopic (exact) mass is 527 g/mol. The molecule has 2 aliphatic rings. The zero-order valence-electron chi connectivity index (χ0n) is 22.4. The molecule has 1 amide bonds. The lowest BCUT2D eigenvalue weighted by Crippen LogP contribution is -2.48. The lowest BCUT2D eigenvalue weighted by atomic mass is 9.79. The van der Waals surface area contributed by atoms with E-state index in [9.17, 15) is 4.79 Å². The first-order valence-corrected chi connectivity index (χ1v) is 14.1. The van der Waals surface area contributed by atoms with Crippen LogP contribution in [0.3, 0.4) is 0 Å². The number of nitrogens with zero attached hydrogens (tertiary/aromatic N) is 3. The number of carbonyl (C=O) groups excluding carboxylic acids is 1. The van der Waals surface area contributed by atoms with Crippen LogP contribution in [-0.2, 0) is 11.2 Å². The van der Waals surface area contributed by atoms with Crippen molar-refractivity contribution in [3.8, 4) is 0 Å². The molecule has 1 saturated heterocycles. The molecule has 38 heavy (non-hydrogen) atoms. The van der Waals surface area contributed by atoms with Crippen LogP contribution in [0.4, 0.5) is 15.8 Å². The van der Waals surface area contributed by atoms with E-state index in [0.29, 0.717) is 34.5 Å². The maximum atomic E-state index is 15.5. The number of carbonyl (C=O) groups is 1. The van der Waals surface area contributed by atoms with E-state index in [0.717, 1.165) is 35.5 Å². The molecule has 2 aliphatic heterocycles. The van der Waals surface area contributed by atoms with Crippen LogP contribution in [0, 0.1) is 5.82 Å². The molecule has 1 fully saturated rings. The molecule has 0 radical (unpaired) electrons. The molecule has 3 aromatic carbocycles. The summed E-state index contributed by atoms with van der Waals surface area (Å²) in [7, 11) is 0. The minimum atomic E-state index is -0.308. The minimum Gasteiger partial charge on any atom is -0.366 e. The van der Waals surface area contributed by atoms with E-state index in [1.165, 1.54) is 11.8 Å². The summed E-state index contributed by atoms with van der Waals surface area (Å²) in [6.45, 7) is 10.1. The van der Waals surface area contributed by atoms with Crippen molar-refractivity contribution in [2.75, 3.05) is 18.0 Å². The number of para-hydroxylation sites is 1. The van der Waals surface area contributed by atoms with Crippen molar-refractivity contribution in [3.05, 3.63) is 100 Å². The van der Waals surface area contributed by atoms with Gasteiger partial charge in [0.25, 0.3) is 5.91 Å². The molecule has 5 rings (SSSR count). The van der Waals surface area contributed by atoms with Crippen LogP contribution in [0.25, 0.3) is 6.08 Å². The Morgan fingerprint density at radius 1 is 1.08 bits per heavy atom. The van der Waals surface area contributed by atoms with Crippen molar-refractivity contribution >= 4 is 40.3 Å². The van der Waals surface area contributed by atoms with Gasteiger partial charge in [0.1, 0.15) is 5.82 Å². The van der Waals surface area contributed by atoms with Crippen LogP contribution in [0.15, 0.2) is 82.7 Å². The van der Waals surface area contributed by atoms with E-state index < -0.39 is 0 Å². The molecule has 6 heteroatoms. The van der Waals surface area contributed by atoms with Gasteiger partial charge in [-0.25, -0.2) is 9.38 Å². The first kappa shape index (κ1) is 26.2. The van der Waals surface area contributed by atoms with Crippen molar-refractivity contribution in [1.82, 2.24) is 4.90 Å². The summed E-state index contributed by atoms with van der Waals surface area (Å²) in [6.07, 6.45) is 3.40. The molecule has 4 nitrogen and oxygen atoms in total. The van der Waals surface area contributed by atoms with Crippen LogP contribution in [-0.4, -0.2) is 34.6 Å². The average Bonchev–Trinajstić information content (AvgIpc) is 3.18. The Morgan fingerprint density at radius 2 is 1.76 bits per heavy atom. The lowest BCUT2D eigenvalue weighted by molar-refractivity contribution is -0.122. The summed E-state index contributed by atoms with van der Waals surface area (Å²) in [6, 6.07) is 23.3. The van der Waals surface area contributed by atoms with Crippen molar-refractivity contribution in [2.24, 2.45) is 4.99 Å². The number of amides is 1. The SMILES string of the molecule is CCN1c2cc(F)c(/C=C3/SC(=Nc4ccccc4)N(CCc4ccccc4)C3=O)cc2C(C)CC1(C)C. The topological polar surface area (TPSA) is 35.9 Å². The number of hydrogen-bond acceptors (Lipinski definition) is 4. The Morgan fingerprint density at radius 3 is 2.45 bits per heavy atom. The van der Waals surface area contributed by atoms with Gasteiger partial charge in [-0.05, 0) is 92.8 Å². The molecule has 3 aromatic rings. The highest BCUT2D eigenvalue weighted by Crippen LogP contribution is 2.45. The van der Waals surface area contributed by atoms with E-state index in [4.69, 9.17) is 4.99 Å². The van der Waals surface area contributed by atoms with Gasteiger partial charge in [0.05, 0.1) is 10.6 Å². The maximum absolute atomic E-state index is 15.5. The molecule has 2 heterocycles. The summed E-state index contributed by atoms with van der Waals surface area (Å²) in [4.78, 5) is 22.9. The number of rotatable bonds is 6. The first-order chi connectivity index (χ1) is 18.3. The van der Waals surface area contributed by atoms with Gasteiger partial charge >= 0.3 is 0 Å². The summed E-state index contributed by atoms with van der Waals surface area (Å²) in [5, 5.41) is 0.619. The number of fused-ring (bicyclic) bond motifs is 1. The summed E-state index contributed by atoms with van der Waals surface area (Å²) in [5.41, 5.74) is 4.44. The van der Waals surface area contributed by atoms with Gasteiger partial charge in [-0.2, -0.15) is 0 Å². The molecule has 0 spiro atoms. The normalized spacial score (nSPS) is 20.9. The first-order valence-electron chi connectivity index (χ1n) is 13.3. The van der Waals surface area contributed by atoms with Crippen molar-refractivity contribution in [2.45, 2.75) is 52.0 Å². The highest BCUT2D eigenvalue weighted by atomic mass is 32.2. The van der Waals surface area contributed by atoms with Crippen molar-refractivity contribution in [1.29, 1.82) is 0 Å². The Balaban J connectivity index is 1.49. The lowest BCUT2D eigenvalue weighted by Gasteiger charge is -2.47. The molecule has 0 saturated carbocycles. The molecular weight excluding hydrogens is 493 g/mol. The largest absolute Gasteiger partial charge is 0.366 e. The molecule has 1 unspecified atom stereocenters.